The number of phosphoric ester groups is 1. The molecule has 62 valence electrons. The fourth-order valence-electron chi connectivity index (χ4n) is 0.223. The van der Waals surface area contributed by atoms with Crippen molar-refractivity contribution < 1.29 is 18.9 Å². The number of halogens is 2. The highest BCUT2D eigenvalue weighted by atomic mass is 79.9. The Hall–Kier alpha value is 1.07. The molecule has 0 aliphatic carbocycles. The normalized spacial score (nSPS) is 15.2. The third-order valence-electron chi connectivity index (χ3n) is 0.591. The minimum atomic E-state index is -4.28. The van der Waals surface area contributed by atoms with Crippen LogP contribution in [0.4, 0.5) is 0 Å². The summed E-state index contributed by atoms with van der Waals surface area (Å²) in [5, 5.41) is 0.590. The van der Waals surface area contributed by atoms with Gasteiger partial charge in [-0.1, -0.05) is 31.9 Å². The topological polar surface area (TPSA) is 66.8 Å². The molecule has 0 aliphatic heterocycles. The van der Waals surface area contributed by atoms with Gasteiger partial charge in [0, 0.05) is 10.2 Å². The van der Waals surface area contributed by atoms with Crippen LogP contribution in [-0.4, -0.2) is 26.6 Å². The quantitative estimate of drug-likeness (QED) is 0.605. The predicted molar refractivity (Wildman–Crippen MR) is 44.5 cm³/mol. The van der Waals surface area contributed by atoms with E-state index in [1.54, 1.807) is 0 Å². The van der Waals surface area contributed by atoms with Gasteiger partial charge < -0.3 is 9.79 Å². The smallest absolute Gasteiger partial charge is 0.303 e. The lowest BCUT2D eigenvalue weighted by Gasteiger charge is -2.07. The molecule has 0 rings (SSSR count). The van der Waals surface area contributed by atoms with E-state index < -0.39 is 7.82 Å². The molecule has 0 spiro atoms. The van der Waals surface area contributed by atoms with Crippen molar-refractivity contribution in [2.24, 2.45) is 0 Å². The first-order valence-electron chi connectivity index (χ1n) is 2.36. The molecular weight excluding hydrogens is 291 g/mol. The fourth-order valence-corrected chi connectivity index (χ4v) is 1.12. The Labute approximate surface area is 75.5 Å². The molecule has 0 heterocycles. The van der Waals surface area contributed by atoms with Crippen LogP contribution in [-0.2, 0) is 9.09 Å². The second-order valence-corrected chi connectivity index (χ2v) is 4.72. The summed E-state index contributed by atoms with van der Waals surface area (Å²) in [4.78, 5) is 16.4. The first-order valence-corrected chi connectivity index (χ1v) is 5.92. The Kier molecular flexibility index (Phi) is 5.37. The number of hydrogen-bond donors (Lipinski definition) is 2. The Bertz CT molecular complexity index is 134. The molecule has 0 aromatic heterocycles. The maximum Gasteiger partial charge on any atom is 0.469 e. The van der Waals surface area contributed by atoms with Crippen molar-refractivity contribution in [2.75, 3.05) is 11.9 Å². The van der Waals surface area contributed by atoms with Gasteiger partial charge in [0.05, 0.1) is 6.61 Å². The highest BCUT2D eigenvalue weighted by Crippen LogP contribution is 2.36. The van der Waals surface area contributed by atoms with E-state index >= 15 is 0 Å². The van der Waals surface area contributed by atoms with Gasteiger partial charge in [-0.3, -0.25) is 4.52 Å². The molecule has 0 radical (unpaired) electrons. The number of rotatable bonds is 4. The van der Waals surface area contributed by atoms with Crippen LogP contribution >= 0.6 is 39.7 Å². The van der Waals surface area contributed by atoms with Crippen LogP contribution in [0.2, 0.25) is 0 Å². The average molecular weight is 298 g/mol. The molecule has 10 heavy (non-hydrogen) atoms. The molecule has 0 aromatic rings. The van der Waals surface area contributed by atoms with Crippen LogP contribution in [0.15, 0.2) is 0 Å². The molecular formula is C3H7Br2O4P. The van der Waals surface area contributed by atoms with Crippen molar-refractivity contribution in [1.29, 1.82) is 0 Å². The van der Waals surface area contributed by atoms with Crippen molar-refractivity contribution in [2.45, 2.75) is 4.83 Å². The SMILES string of the molecule is O=P(O)(O)OCC(Br)CBr. The summed E-state index contributed by atoms with van der Waals surface area (Å²) < 4.78 is 14.3. The standard InChI is InChI=1S/C3H7Br2O4P/c4-1-3(5)2-9-10(6,7)8/h3H,1-2H2,(H2,6,7,8). The van der Waals surface area contributed by atoms with E-state index in [0.717, 1.165) is 0 Å². The van der Waals surface area contributed by atoms with Crippen LogP contribution < -0.4 is 0 Å². The van der Waals surface area contributed by atoms with Gasteiger partial charge in [0.15, 0.2) is 0 Å². The number of hydrogen-bond acceptors (Lipinski definition) is 2. The largest absolute Gasteiger partial charge is 0.469 e. The van der Waals surface area contributed by atoms with Crippen LogP contribution in [0, 0.1) is 0 Å². The van der Waals surface area contributed by atoms with Crippen molar-refractivity contribution in [3.05, 3.63) is 0 Å². The third-order valence-corrected chi connectivity index (χ3v) is 3.31. The maximum absolute atomic E-state index is 10.1. The maximum atomic E-state index is 10.1. The summed E-state index contributed by atoms with van der Waals surface area (Å²) in [6, 6.07) is 0. The third kappa shape index (κ3) is 7.18. The monoisotopic (exact) mass is 296 g/mol. The number of alkyl halides is 2. The summed E-state index contributed by atoms with van der Waals surface area (Å²) in [5.41, 5.74) is 0. The molecule has 0 bridgehead atoms. The summed E-state index contributed by atoms with van der Waals surface area (Å²) in [6.45, 7) is -0.00444. The molecule has 1 unspecified atom stereocenters. The minimum Gasteiger partial charge on any atom is -0.303 e. The second-order valence-electron chi connectivity index (χ2n) is 1.54. The zero-order chi connectivity index (χ0) is 8.20. The van der Waals surface area contributed by atoms with E-state index in [1.165, 1.54) is 0 Å². The summed E-state index contributed by atoms with van der Waals surface area (Å²) in [5.74, 6) is 0. The predicted octanol–water partition coefficient (Wildman–Crippen LogP) is 1.25. The van der Waals surface area contributed by atoms with Crippen LogP contribution in [0.3, 0.4) is 0 Å². The lowest BCUT2D eigenvalue weighted by molar-refractivity contribution is 0.201. The van der Waals surface area contributed by atoms with Gasteiger partial charge in [0.1, 0.15) is 0 Å². The van der Waals surface area contributed by atoms with Gasteiger partial charge in [-0.25, -0.2) is 4.57 Å². The first-order chi connectivity index (χ1) is 4.45. The van der Waals surface area contributed by atoms with E-state index in [1.807, 2.05) is 0 Å². The molecule has 2 N–H and O–H groups in total. The van der Waals surface area contributed by atoms with Gasteiger partial charge in [-0.05, 0) is 0 Å². The average Bonchev–Trinajstić information content (AvgIpc) is 1.81. The number of phosphoric acid groups is 1. The van der Waals surface area contributed by atoms with Crippen molar-refractivity contribution >= 4 is 39.7 Å². The molecule has 0 saturated heterocycles. The van der Waals surface area contributed by atoms with Crippen LogP contribution in [0.25, 0.3) is 0 Å². The lowest BCUT2D eigenvalue weighted by Crippen LogP contribution is -2.08. The Morgan fingerprint density at radius 1 is 1.60 bits per heavy atom. The van der Waals surface area contributed by atoms with E-state index in [0.29, 0.717) is 5.33 Å². The van der Waals surface area contributed by atoms with Crippen molar-refractivity contribution in [3.8, 4) is 0 Å². The second kappa shape index (κ2) is 4.85. The van der Waals surface area contributed by atoms with Crippen LogP contribution in [0.1, 0.15) is 0 Å². The van der Waals surface area contributed by atoms with Gasteiger partial charge in [0.25, 0.3) is 0 Å². The fraction of sp³-hybridized carbons (Fsp3) is 1.00. The molecule has 0 fully saturated rings. The van der Waals surface area contributed by atoms with E-state index in [4.69, 9.17) is 9.79 Å². The minimum absolute atomic E-state index is 0.00444. The van der Waals surface area contributed by atoms with Crippen molar-refractivity contribution in [1.82, 2.24) is 0 Å². The summed E-state index contributed by atoms with van der Waals surface area (Å²) in [7, 11) is -4.28. The van der Waals surface area contributed by atoms with Gasteiger partial charge in [0.2, 0.25) is 0 Å². The zero-order valence-electron chi connectivity index (χ0n) is 4.91. The van der Waals surface area contributed by atoms with Gasteiger partial charge in [-0.2, -0.15) is 0 Å². The molecule has 4 nitrogen and oxygen atoms in total. The van der Waals surface area contributed by atoms with E-state index in [-0.39, 0.29) is 11.4 Å². The lowest BCUT2D eigenvalue weighted by atomic mass is 10.5. The molecule has 0 saturated carbocycles. The Balaban J connectivity index is 3.46. The van der Waals surface area contributed by atoms with E-state index in [9.17, 15) is 4.57 Å². The summed E-state index contributed by atoms with van der Waals surface area (Å²) in [6.07, 6.45) is 0. The zero-order valence-corrected chi connectivity index (χ0v) is 8.97. The Morgan fingerprint density at radius 2 is 2.10 bits per heavy atom. The molecule has 0 amide bonds. The van der Waals surface area contributed by atoms with Crippen LogP contribution in [0.5, 0.6) is 0 Å². The molecule has 7 heteroatoms. The van der Waals surface area contributed by atoms with Gasteiger partial charge >= 0.3 is 7.82 Å². The highest BCUT2D eigenvalue weighted by molar-refractivity contribution is 9.12. The molecule has 0 aliphatic rings. The first kappa shape index (κ1) is 11.1. The van der Waals surface area contributed by atoms with E-state index in [2.05, 4.69) is 36.4 Å². The highest BCUT2D eigenvalue weighted by Gasteiger charge is 2.15. The molecule has 0 aromatic carbocycles. The Morgan fingerprint density at radius 3 is 2.40 bits per heavy atom. The van der Waals surface area contributed by atoms with Crippen molar-refractivity contribution in [3.63, 3.8) is 0 Å². The summed E-state index contributed by atoms with van der Waals surface area (Å²) >= 11 is 6.22. The van der Waals surface area contributed by atoms with Gasteiger partial charge in [-0.15, -0.1) is 0 Å². The molecule has 1 atom stereocenters.